The molecule has 2 aromatic rings. The van der Waals surface area contributed by atoms with E-state index in [0.717, 1.165) is 5.56 Å². The summed E-state index contributed by atoms with van der Waals surface area (Å²) in [5.41, 5.74) is 1.06. The van der Waals surface area contributed by atoms with Crippen molar-refractivity contribution in [2.75, 3.05) is 25.5 Å². The minimum atomic E-state index is -0.216. The molecular weight excluding hydrogens is 308 g/mol. The molecule has 1 aliphatic heterocycles. The maximum atomic E-state index is 12.5. The number of hydrogen-bond acceptors (Lipinski definition) is 5. The molecule has 7 nitrogen and oxygen atoms in total. The second kappa shape index (κ2) is 7.27. The van der Waals surface area contributed by atoms with Crippen LogP contribution in [0, 0.1) is 0 Å². The first-order chi connectivity index (χ1) is 11.7. The average Bonchev–Trinajstić information content (AvgIpc) is 2.62. The van der Waals surface area contributed by atoms with Gasteiger partial charge in [-0.3, -0.25) is 5.32 Å². The van der Waals surface area contributed by atoms with Crippen molar-refractivity contribution < 1.29 is 14.3 Å². The lowest BCUT2D eigenvalue weighted by Crippen LogP contribution is -2.47. The lowest BCUT2D eigenvalue weighted by molar-refractivity contribution is -0.0642. The molecule has 0 bridgehead atoms. The van der Waals surface area contributed by atoms with E-state index in [1.54, 1.807) is 11.0 Å². The molecule has 0 aliphatic carbocycles. The third-order valence-electron chi connectivity index (χ3n) is 3.77. The molecule has 0 radical (unpaired) electrons. The van der Waals surface area contributed by atoms with Gasteiger partial charge in [0.25, 0.3) is 0 Å². The first kappa shape index (κ1) is 16.2. The van der Waals surface area contributed by atoms with Crippen molar-refractivity contribution in [1.82, 2.24) is 14.9 Å². The lowest BCUT2D eigenvalue weighted by Gasteiger charge is -2.36. The Morgan fingerprint density at radius 2 is 2.08 bits per heavy atom. The van der Waals surface area contributed by atoms with Gasteiger partial charge in [0.1, 0.15) is 11.9 Å². The normalized spacial score (nSPS) is 20.5. The summed E-state index contributed by atoms with van der Waals surface area (Å²) in [6.45, 7) is 2.98. The van der Waals surface area contributed by atoms with Crippen LogP contribution in [0.2, 0.25) is 0 Å². The van der Waals surface area contributed by atoms with Crippen molar-refractivity contribution in [3.8, 4) is 6.01 Å². The van der Waals surface area contributed by atoms with E-state index in [0.29, 0.717) is 18.9 Å². The highest BCUT2D eigenvalue weighted by Crippen LogP contribution is 2.25. The van der Waals surface area contributed by atoms with E-state index in [-0.39, 0.29) is 24.2 Å². The first-order valence-corrected chi connectivity index (χ1v) is 7.79. The van der Waals surface area contributed by atoms with Gasteiger partial charge in [-0.25, -0.2) is 9.78 Å². The Balaban J connectivity index is 1.69. The molecular formula is C17H20N4O3. The molecule has 2 amide bonds. The van der Waals surface area contributed by atoms with Crippen LogP contribution in [0.5, 0.6) is 6.01 Å². The predicted octanol–water partition coefficient (Wildman–Crippen LogP) is 2.48. The highest BCUT2D eigenvalue weighted by Gasteiger charge is 2.29. The van der Waals surface area contributed by atoms with Gasteiger partial charge in [0.05, 0.1) is 19.8 Å². The number of aromatic nitrogens is 2. The molecule has 1 N–H and O–H groups in total. The molecule has 3 rings (SSSR count). The van der Waals surface area contributed by atoms with Crippen LogP contribution in [0.4, 0.5) is 10.6 Å². The molecule has 2 heterocycles. The number of nitrogens with zero attached hydrogens (tertiary/aromatic N) is 3. The van der Waals surface area contributed by atoms with Gasteiger partial charge in [-0.05, 0) is 18.6 Å². The van der Waals surface area contributed by atoms with Crippen molar-refractivity contribution >= 4 is 11.8 Å². The number of carbonyl (C=O) groups excluding carboxylic acids is 1. The Bertz CT molecular complexity index is 695. The Hall–Kier alpha value is -2.67. The average molecular weight is 328 g/mol. The van der Waals surface area contributed by atoms with Gasteiger partial charge >= 0.3 is 12.0 Å². The zero-order valence-corrected chi connectivity index (χ0v) is 13.7. The number of benzene rings is 1. The van der Waals surface area contributed by atoms with Crippen molar-refractivity contribution in [1.29, 1.82) is 0 Å². The van der Waals surface area contributed by atoms with Crippen LogP contribution in [-0.4, -0.2) is 47.2 Å². The second-order valence-electron chi connectivity index (χ2n) is 5.61. The van der Waals surface area contributed by atoms with Crippen molar-refractivity contribution in [2.24, 2.45) is 0 Å². The number of morpholine rings is 1. The Morgan fingerprint density at radius 1 is 1.29 bits per heavy atom. The van der Waals surface area contributed by atoms with Crippen LogP contribution >= 0.6 is 0 Å². The molecule has 1 aliphatic rings. The minimum absolute atomic E-state index is 0.0466. The molecule has 0 saturated carbocycles. The summed E-state index contributed by atoms with van der Waals surface area (Å²) in [4.78, 5) is 22.3. The van der Waals surface area contributed by atoms with Crippen LogP contribution in [0.15, 0.2) is 42.6 Å². The number of urea groups is 1. The molecule has 1 aromatic carbocycles. The lowest BCUT2D eigenvalue weighted by atomic mass is 10.1. The van der Waals surface area contributed by atoms with E-state index >= 15 is 0 Å². The van der Waals surface area contributed by atoms with Crippen molar-refractivity contribution in [2.45, 2.75) is 19.1 Å². The maximum absolute atomic E-state index is 12.5. The van der Waals surface area contributed by atoms with Gasteiger partial charge in [-0.2, -0.15) is 4.98 Å². The molecule has 0 unspecified atom stereocenters. The van der Waals surface area contributed by atoms with Gasteiger partial charge in [0, 0.05) is 12.7 Å². The number of nitrogens with one attached hydrogen (secondary N) is 1. The molecule has 126 valence electrons. The SMILES string of the molecule is COc1nccc(NC(=O)N2C[C@@H](c3ccccc3)O[C@@H](C)C2)n1. The summed E-state index contributed by atoms with van der Waals surface area (Å²) in [7, 11) is 1.48. The van der Waals surface area contributed by atoms with E-state index in [2.05, 4.69) is 15.3 Å². The Labute approximate surface area is 140 Å². The van der Waals surface area contributed by atoms with Gasteiger partial charge in [-0.15, -0.1) is 0 Å². The standard InChI is InChI=1S/C17H20N4O3/c1-12-10-21(11-14(24-12)13-6-4-3-5-7-13)17(22)20-15-8-9-18-16(19-15)23-2/h3-9,12,14H,10-11H2,1-2H3,(H,18,19,20,22)/t12-,14-/m0/s1. The van der Waals surface area contributed by atoms with E-state index in [4.69, 9.17) is 9.47 Å². The number of amides is 2. The summed E-state index contributed by atoms with van der Waals surface area (Å²) in [5, 5.41) is 2.78. The third kappa shape index (κ3) is 3.80. The first-order valence-electron chi connectivity index (χ1n) is 7.79. The third-order valence-corrected chi connectivity index (χ3v) is 3.77. The zero-order chi connectivity index (χ0) is 16.9. The molecule has 24 heavy (non-hydrogen) atoms. The van der Waals surface area contributed by atoms with E-state index in [1.807, 2.05) is 37.3 Å². The number of rotatable bonds is 3. The fourth-order valence-corrected chi connectivity index (χ4v) is 2.67. The van der Waals surface area contributed by atoms with Crippen LogP contribution in [-0.2, 0) is 4.74 Å². The van der Waals surface area contributed by atoms with E-state index < -0.39 is 0 Å². The number of anilines is 1. The fraction of sp³-hybridized carbons (Fsp3) is 0.353. The highest BCUT2D eigenvalue weighted by molar-refractivity contribution is 5.88. The highest BCUT2D eigenvalue weighted by atomic mass is 16.5. The fourth-order valence-electron chi connectivity index (χ4n) is 2.67. The summed E-state index contributed by atoms with van der Waals surface area (Å²) in [5.74, 6) is 0.405. The van der Waals surface area contributed by atoms with Gasteiger partial charge in [0.2, 0.25) is 0 Å². The minimum Gasteiger partial charge on any atom is -0.467 e. The number of ether oxygens (including phenoxy) is 2. The predicted molar refractivity (Wildman–Crippen MR) is 88.9 cm³/mol. The maximum Gasteiger partial charge on any atom is 0.323 e. The largest absolute Gasteiger partial charge is 0.467 e. The molecule has 0 spiro atoms. The van der Waals surface area contributed by atoms with Gasteiger partial charge in [0.15, 0.2) is 0 Å². The topological polar surface area (TPSA) is 76.6 Å². The van der Waals surface area contributed by atoms with Gasteiger partial charge < -0.3 is 14.4 Å². The number of methoxy groups -OCH3 is 1. The Kier molecular flexibility index (Phi) is 4.90. The van der Waals surface area contributed by atoms with Crippen LogP contribution < -0.4 is 10.1 Å². The van der Waals surface area contributed by atoms with Crippen molar-refractivity contribution in [3.63, 3.8) is 0 Å². The quantitative estimate of drug-likeness (QED) is 0.937. The Morgan fingerprint density at radius 3 is 2.83 bits per heavy atom. The summed E-state index contributed by atoms with van der Waals surface area (Å²) >= 11 is 0. The van der Waals surface area contributed by atoms with E-state index in [1.165, 1.54) is 13.3 Å². The van der Waals surface area contributed by atoms with Crippen LogP contribution in [0.25, 0.3) is 0 Å². The number of hydrogen-bond donors (Lipinski definition) is 1. The second-order valence-corrected chi connectivity index (χ2v) is 5.61. The summed E-state index contributed by atoms with van der Waals surface area (Å²) in [6.07, 6.45) is 1.35. The molecule has 1 fully saturated rings. The summed E-state index contributed by atoms with van der Waals surface area (Å²) in [6, 6.07) is 11.5. The van der Waals surface area contributed by atoms with Crippen LogP contribution in [0.1, 0.15) is 18.6 Å². The summed E-state index contributed by atoms with van der Waals surface area (Å²) < 4.78 is 10.9. The van der Waals surface area contributed by atoms with E-state index in [9.17, 15) is 4.79 Å². The van der Waals surface area contributed by atoms with Crippen LogP contribution in [0.3, 0.4) is 0 Å². The van der Waals surface area contributed by atoms with Gasteiger partial charge in [-0.1, -0.05) is 30.3 Å². The smallest absolute Gasteiger partial charge is 0.323 e. The molecule has 1 aromatic heterocycles. The number of carbonyl (C=O) groups is 1. The zero-order valence-electron chi connectivity index (χ0n) is 13.7. The molecule has 7 heteroatoms. The monoisotopic (exact) mass is 328 g/mol. The molecule has 2 atom stereocenters. The molecule has 1 saturated heterocycles. The van der Waals surface area contributed by atoms with Crippen molar-refractivity contribution in [3.05, 3.63) is 48.2 Å².